The first kappa shape index (κ1) is 14.9. The van der Waals surface area contributed by atoms with E-state index in [9.17, 15) is 10.0 Å². The molecule has 1 amide bonds. The molecule has 0 spiro atoms. The molecule has 1 rings (SSSR count). The van der Waals surface area contributed by atoms with Gasteiger partial charge < -0.3 is 14.8 Å². The Bertz CT molecular complexity index is 484. The van der Waals surface area contributed by atoms with Crippen LogP contribution in [0.1, 0.15) is 20.8 Å². The highest BCUT2D eigenvalue weighted by Gasteiger charge is 2.23. The smallest absolute Gasteiger partial charge is 0.315 e. The molecule has 0 saturated heterocycles. The number of hydrogen-bond donors (Lipinski definition) is 0. The number of amides is 1. The summed E-state index contributed by atoms with van der Waals surface area (Å²) in [6.07, 6.45) is 2.59. The summed E-state index contributed by atoms with van der Waals surface area (Å²) in [7, 11) is 1.40. The van der Waals surface area contributed by atoms with Gasteiger partial charge in [0.05, 0.1) is 7.11 Å². The Labute approximate surface area is 112 Å². The zero-order chi connectivity index (χ0) is 14.4. The second-order valence-corrected chi connectivity index (χ2v) is 3.77. The Hall–Kier alpha value is -2.18. The van der Waals surface area contributed by atoms with Crippen LogP contribution in [0.3, 0.4) is 0 Å². The van der Waals surface area contributed by atoms with Crippen LogP contribution in [0.4, 0.5) is 5.69 Å². The first-order valence-corrected chi connectivity index (χ1v) is 6.00. The van der Waals surface area contributed by atoms with E-state index in [4.69, 9.17) is 4.74 Å². The summed E-state index contributed by atoms with van der Waals surface area (Å²) < 4.78 is 5.48. The molecule has 0 aliphatic carbocycles. The van der Waals surface area contributed by atoms with Gasteiger partial charge in [0.15, 0.2) is 0 Å². The average molecular weight is 266 g/mol. The zero-order valence-corrected chi connectivity index (χ0v) is 11.6. The van der Waals surface area contributed by atoms with Gasteiger partial charge in [-0.1, -0.05) is 0 Å². The number of ether oxygens (including phenoxy) is 1. The van der Waals surface area contributed by atoms with E-state index >= 15 is 0 Å². The van der Waals surface area contributed by atoms with Gasteiger partial charge in [-0.2, -0.15) is 9.72 Å². The minimum Gasteiger partial charge on any atom is -0.618 e. The zero-order valence-electron chi connectivity index (χ0n) is 11.6. The van der Waals surface area contributed by atoms with E-state index in [0.29, 0.717) is 17.8 Å². The Morgan fingerprint density at radius 1 is 1.47 bits per heavy atom. The van der Waals surface area contributed by atoms with E-state index in [1.807, 2.05) is 13.8 Å². The van der Waals surface area contributed by atoms with Crippen molar-refractivity contribution in [2.24, 2.45) is 0 Å². The Kier molecular flexibility index (Phi) is 5.23. The molecule has 0 radical (unpaired) electrons. The Balaban J connectivity index is 3.18. The van der Waals surface area contributed by atoms with E-state index in [1.165, 1.54) is 26.6 Å². The van der Waals surface area contributed by atoms with Gasteiger partial charge in [-0.05, 0) is 13.8 Å². The number of carbonyl (C=O) groups excluding carboxylic acids is 1. The van der Waals surface area contributed by atoms with Gasteiger partial charge in [-0.3, -0.25) is 4.79 Å². The van der Waals surface area contributed by atoms with Crippen molar-refractivity contribution >= 4 is 17.3 Å². The molecule has 0 bridgehead atoms. The molecule has 0 atom stereocenters. The third kappa shape index (κ3) is 3.18. The molecule has 1 aromatic rings. The minimum absolute atomic E-state index is 0.0526. The molecular weight excluding hydrogens is 248 g/mol. The largest absolute Gasteiger partial charge is 0.618 e. The van der Waals surface area contributed by atoms with E-state index in [1.54, 1.807) is 4.90 Å². The quantitative estimate of drug-likeness (QED) is 0.343. The molecule has 19 heavy (non-hydrogen) atoms. The van der Waals surface area contributed by atoms with Gasteiger partial charge in [0.25, 0.3) is 17.3 Å². The van der Waals surface area contributed by atoms with Crippen LogP contribution < -0.4 is 4.74 Å². The lowest BCUT2D eigenvalue weighted by atomic mass is 10.3. The van der Waals surface area contributed by atoms with Crippen molar-refractivity contribution in [3.8, 4) is 5.88 Å². The molecule has 104 valence electrons. The maximum absolute atomic E-state index is 12.2. The fourth-order valence-corrected chi connectivity index (χ4v) is 1.61. The van der Waals surface area contributed by atoms with Crippen LogP contribution in [-0.4, -0.2) is 51.4 Å². The van der Waals surface area contributed by atoms with Crippen LogP contribution in [0.25, 0.3) is 0 Å². The molecule has 0 aliphatic rings. The van der Waals surface area contributed by atoms with Crippen molar-refractivity contribution in [2.45, 2.75) is 20.8 Å². The normalized spacial score (nSPS) is 11.8. The molecule has 0 aliphatic heterocycles. The highest BCUT2D eigenvalue weighted by atomic mass is 16.5. The van der Waals surface area contributed by atoms with Crippen molar-refractivity contribution in [3.63, 3.8) is 0 Å². The van der Waals surface area contributed by atoms with Crippen LogP contribution in [0.15, 0.2) is 12.5 Å². The van der Waals surface area contributed by atoms with Crippen molar-refractivity contribution in [2.75, 3.05) is 20.2 Å². The summed E-state index contributed by atoms with van der Waals surface area (Å²) in [6.45, 7) is 6.28. The molecule has 1 aromatic heterocycles. The van der Waals surface area contributed by atoms with Gasteiger partial charge in [-0.15, -0.1) is 0 Å². The van der Waals surface area contributed by atoms with Gasteiger partial charge in [0.1, 0.15) is 12.5 Å². The maximum atomic E-state index is 12.2. The standard InChI is InChI=1S/C12H18N4O3/c1-5-15(6-2)12(17)9(3)16(18)10-7-13-8-14-11(10)19-4/h7-8H,5-6H2,1-4H3/b16-9-. The van der Waals surface area contributed by atoms with Crippen molar-refractivity contribution < 1.29 is 14.3 Å². The Morgan fingerprint density at radius 2 is 2.11 bits per heavy atom. The molecule has 0 unspecified atom stereocenters. The molecule has 1 heterocycles. The summed E-state index contributed by atoms with van der Waals surface area (Å²) in [5.74, 6) is -0.178. The van der Waals surface area contributed by atoms with Crippen molar-refractivity contribution in [1.29, 1.82) is 0 Å². The number of nitrogens with zero attached hydrogens (tertiary/aromatic N) is 4. The van der Waals surface area contributed by atoms with E-state index in [-0.39, 0.29) is 23.2 Å². The SMILES string of the molecule is CCN(CC)C(=O)/C(C)=[N+](\[O-])c1cncnc1OC. The van der Waals surface area contributed by atoms with Crippen LogP contribution >= 0.6 is 0 Å². The third-order valence-corrected chi connectivity index (χ3v) is 2.73. The first-order valence-electron chi connectivity index (χ1n) is 6.00. The van der Waals surface area contributed by atoms with Crippen LogP contribution in [0, 0.1) is 5.21 Å². The lowest BCUT2D eigenvalue weighted by Gasteiger charge is -2.18. The van der Waals surface area contributed by atoms with Gasteiger partial charge in [0.2, 0.25) is 0 Å². The Morgan fingerprint density at radius 3 is 2.63 bits per heavy atom. The molecule has 0 saturated carbocycles. The average Bonchev–Trinajstić information content (AvgIpc) is 2.46. The summed E-state index contributed by atoms with van der Waals surface area (Å²) in [5, 5.41) is 12.2. The van der Waals surface area contributed by atoms with E-state index < -0.39 is 0 Å². The number of rotatable bonds is 5. The number of methoxy groups -OCH3 is 1. The molecule has 0 N–H and O–H groups in total. The maximum Gasteiger partial charge on any atom is 0.315 e. The highest BCUT2D eigenvalue weighted by molar-refractivity contribution is 6.35. The molecule has 7 heteroatoms. The lowest BCUT2D eigenvalue weighted by Crippen LogP contribution is -2.37. The van der Waals surface area contributed by atoms with Crippen LogP contribution in [0.2, 0.25) is 0 Å². The molecular formula is C12H18N4O3. The van der Waals surface area contributed by atoms with Gasteiger partial charge in [0, 0.05) is 20.0 Å². The number of aromatic nitrogens is 2. The van der Waals surface area contributed by atoms with E-state index in [0.717, 1.165) is 0 Å². The summed E-state index contributed by atoms with van der Waals surface area (Å²) in [4.78, 5) is 21.3. The van der Waals surface area contributed by atoms with Crippen LogP contribution in [-0.2, 0) is 4.79 Å². The van der Waals surface area contributed by atoms with E-state index in [2.05, 4.69) is 9.97 Å². The summed E-state index contributed by atoms with van der Waals surface area (Å²) >= 11 is 0. The van der Waals surface area contributed by atoms with Crippen molar-refractivity contribution in [1.82, 2.24) is 14.9 Å². The third-order valence-electron chi connectivity index (χ3n) is 2.73. The van der Waals surface area contributed by atoms with Gasteiger partial charge >= 0.3 is 5.91 Å². The second-order valence-electron chi connectivity index (χ2n) is 3.77. The molecule has 0 aromatic carbocycles. The van der Waals surface area contributed by atoms with Crippen molar-refractivity contribution in [3.05, 3.63) is 17.7 Å². The second kappa shape index (κ2) is 6.67. The fraction of sp³-hybridized carbons (Fsp3) is 0.500. The number of hydrogen-bond acceptors (Lipinski definition) is 5. The van der Waals surface area contributed by atoms with Crippen LogP contribution in [0.5, 0.6) is 5.88 Å². The lowest BCUT2D eigenvalue weighted by molar-refractivity contribution is -0.362. The predicted molar refractivity (Wildman–Crippen MR) is 70.5 cm³/mol. The van der Waals surface area contributed by atoms with Gasteiger partial charge in [-0.25, -0.2) is 4.98 Å². The highest BCUT2D eigenvalue weighted by Crippen LogP contribution is 2.21. The molecule has 0 fully saturated rings. The monoisotopic (exact) mass is 266 g/mol. The summed E-state index contributed by atoms with van der Waals surface area (Å²) in [6, 6.07) is 0. The number of carbonyl (C=O) groups is 1. The fourth-order valence-electron chi connectivity index (χ4n) is 1.61. The minimum atomic E-state index is -0.314. The first-order chi connectivity index (χ1) is 9.06. The topological polar surface area (TPSA) is 81.4 Å². The predicted octanol–water partition coefficient (Wildman–Crippen LogP) is 0.956. The summed E-state index contributed by atoms with van der Waals surface area (Å²) in [5.41, 5.74) is 0.166. The molecule has 7 nitrogen and oxygen atoms in total.